The van der Waals surface area contributed by atoms with E-state index < -0.39 is 5.97 Å². The Kier molecular flexibility index (Phi) is 6.66. The van der Waals surface area contributed by atoms with E-state index in [2.05, 4.69) is 30.6 Å². The largest absolute Gasteiger partial charge is 0.489 e. The molecule has 2 aliphatic rings. The van der Waals surface area contributed by atoms with Crippen LogP contribution in [0.25, 0.3) is 11.4 Å². The van der Waals surface area contributed by atoms with Gasteiger partial charge in [0.15, 0.2) is 0 Å². The van der Waals surface area contributed by atoms with E-state index in [0.29, 0.717) is 60.1 Å². The topological polar surface area (TPSA) is 150 Å². The molecule has 0 unspecified atom stereocenters. The number of carbonyl (C=O) groups is 1. The Morgan fingerprint density at radius 3 is 2.72 bits per heavy atom. The summed E-state index contributed by atoms with van der Waals surface area (Å²) in [5.74, 6) is 1.10. The van der Waals surface area contributed by atoms with E-state index in [9.17, 15) is 9.90 Å². The van der Waals surface area contributed by atoms with Crippen LogP contribution in [0.2, 0.25) is 0 Å². The maximum absolute atomic E-state index is 11.4. The van der Waals surface area contributed by atoms with Gasteiger partial charge in [-0.1, -0.05) is 5.21 Å². The van der Waals surface area contributed by atoms with Crippen molar-refractivity contribution in [1.29, 1.82) is 0 Å². The van der Waals surface area contributed by atoms with Crippen LogP contribution in [0.5, 0.6) is 11.8 Å². The summed E-state index contributed by atoms with van der Waals surface area (Å²) in [5.41, 5.74) is 2.85. The molecule has 2 atom stereocenters. The van der Waals surface area contributed by atoms with E-state index in [1.54, 1.807) is 11.8 Å². The normalized spacial score (nSPS) is 19.6. The predicted octanol–water partition coefficient (Wildman–Crippen LogP) is 2.89. The van der Waals surface area contributed by atoms with Gasteiger partial charge in [0.2, 0.25) is 5.95 Å². The lowest BCUT2D eigenvalue weighted by molar-refractivity contribution is -0.143. The monoisotopic (exact) mass is 494 g/mol. The quantitative estimate of drug-likeness (QED) is 0.452. The number of anilines is 1. The summed E-state index contributed by atoms with van der Waals surface area (Å²) >= 11 is 0. The fraction of sp³-hybridized carbons (Fsp3) is 0.542. The van der Waals surface area contributed by atoms with Crippen molar-refractivity contribution in [3.05, 3.63) is 29.3 Å². The number of aryl methyl sites for hydroxylation is 2. The van der Waals surface area contributed by atoms with Crippen LogP contribution in [0.15, 0.2) is 12.1 Å². The van der Waals surface area contributed by atoms with Crippen LogP contribution >= 0.6 is 0 Å². The highest BCUT2D eigenvalue weighted by molar-refractivity contribution is 5.70. The number of aromatic nitrogens is 7. The van der Waals surface area contributed by atoms with Gasteiger partial charge >= 0.3 is 12.0 Å². The average molecular weight is 495 g/mol. The van der Waals surface area contributed by atoms with Crippen molar-refractivity contribution in [2.75, 3.05) is 12.4 Å². The van der Waals surface area contributed by atoms with E-state index in [0.717, 1.165) is 37.2 Å². The first-order chi connectivity index (χ1) is 17.4. The number of hydrogen-bond donors (Lipinski definition) is 2. The average Bonchev–Trinajstić information content (AvgIpc) is 3.67. The molecule has 0 aromatic carbocycles. The van der Waals surface area contributed by atoms with Crippen LogP contribution in [-0.2, 0) is 18.4 Å². The Morgan fingerprint density at radius 2 is 2.00 bits per heavy atom. The molecule has 5 rings (SSSR count). The van der Waals surface area contributed by atoms with Crippen LogP contribution in [0.3, 0.4) is 0 Å². The Hall–Kier alpha value is -3.83. The van der Waals surface area contributed by atoms with Gasteiger partial charge in [-0.05, 0) is 57.6 Å². The van der Waals surface area contributed by atoms with Crippen molar-refractivity contribution in [2.45, 2.75) is 64.0 Å². The smallest absolute Gasteiger partial charge is 0.321 e. The highest BCUT2D eigenvalue weighted by Gasteiger charge is 2.29. The van der Waals surface area contributed by atoms with Crippen molar-refractivity contribution in [1.82, 2.24) is 34.9 Å². The van der Waals surface area contributed by atoms with Gasteiger partial charge in [0.1, 0.15) is 17.3 Å². The Morgan fingerprint density at radius 1 is 1.17 bits per heavy atom. The highest BCUT2D eigenvalue weighted by atomic mass is 16.5. The van der Waals surface area contributed by atoms with Crippen LogP contribution < -0.4 is 14.8 Å². The number of carboxylic acids is 1. The Balaban J connectivity index is 1.31. The number of nitrogens with one attached hydrogen (secondary N) is 1. The molecule has 36 heavy (non-hydrogen) atoms. The zero-order chi connectivity index (χ0) is 25.2. The summed E-state index contributed by atoms with van der Waals surface area (Å²) in [5, 5.41) is 21.1. The molecular formula is C24H30N8O4. The third-order valence-corrected chi connectivity index (χ3v) is 6.66. The van der Waals surface area contributed by atoms with Crippen molar-refractivity contribution in [3.8, 4) is 23.1 Å². The SMILES string of the molecule is COc1nc(NCc2c(-c3ccc(O[C@H]4CCC[C@H](C(=O)O)C4)c(C)n3)nnn2C)nc(C2CC2)n1. The molecule has 2 fully saturated rings. The molecule has 12 nitrogen and oxygen atoms in total. The zero-order valence-electron chi connectivity index (χ0n) is 20.6. The maximum atomic E-state index is 11.4. The number of ether oxygens (including phenoxy) is 2. The van der Waals surface area contributed by atoms with Crippen LogP contribution in [0, 0.1) is 12.8 Å². The molecule has 0 spiro atoms. The van der Waals surface area contributed by atoms with Gasteiger partial charge in [0.05, 0.1) is 42.8 Å². The fourth-order valence-corrected chi connectivity index (χ4v) is 4.46. The van der Waals surface area contributed by atoms with Crippen molar-refractivity contribution in [2.24, 2.45) is 13.0 Å². The molecule has 3 heterocycles. The van der Waals surface area contributed by atoms with E-state index in [1.165, 1.54) is 0 Å². The number of carboxylic acid groups (broad SMARTS) is 1. The summed E-state index contributed by atoms with van der Waals surface area (Å²) in [4.78, 5) is 29.3. The minimum atomic E-state index is -0.753. The van der Waals surface area contributed by atoms with Crippen LogP contribution in [-0.4, -0.2) is 59.2 Å². The van der Waals surface area contributed by atoms with Gasteiger partial charge in [-0.15, -0.1) is 5.10 Å². The third-order valence-electron chi connectivity index (χ3n) is 6.66. The van der Waals surface area contributed by atoms with Gasteiger partial charge < -0.3 is 19.9 Å². The van der Waals surface area contributed by atoms with E-state index >= 15 is 0 Å². The van der Waals surface area contributed by atoms with Gasteiger partial charge in [-0.3, -0.25) is 4.79 Å². The second kappa shape index (κ2) is 10.0. The van der Waals surface area contributed by atoms with Crippen molar-refractivity contribution < 1.29 is 19.4 Å². The number of rotatable bonds is 9. The third kappa shape index (κ3) is 5.21. The van der Waals surface area contributed by atoms with Gasteiger partial charge in [0.25, 0.3) is 0 Å². The summed E-state index contributed by atoms with van der Waals surface area (Å²) in [7, 11) is 3.36. The molecule has 0 saturated heterocycles. The summed E-state index contributed by atoms with van der Waals surface area (Å²) in [6.45, 7) is 2.26. The molecular weight excluding hydrogens is 464 g/mol. The second-order valence-electron chi connectivity index (χ2n) is 9.36. The number of pyridine rings is 1. The molecule has 2 aliphatic carbocycles. The second-order valence-corrected chi connectivity index (χ2v) is 9.36. The molecule has 0 aliphatic heterocycles. The summed E-state index contributed by atoms with van der Waals surface area (Å²) in [6.07, 6.45) is 4.93. The fourth-order valence-electron chi connectivity index (χ4n) is 4.46. The number of nitrogens with zero attached hydrogens (tertiary/aromatic N) is 7. The molecule has 0 radical (unpaired) electrons. The number of hydrogen-bond acceptors (Lipinski definition) is 10. The lowest BCUT2D eigenvalue weighted by atomic mass is 9.87. The number of methoxy groups -OCH3 is 1. The van der Waals surface area contributed by atoms with E-state index in [4.69, 9.17) is 14.5 Å². The summed E-state index contributed by atoms with van der Waals surface area (Å²) in [6, 6.07) is 4.01. The minimum absolute atomic E-state index is 0.125. The van der Waals surface area contributed by atoms with Gasteiger partial charge in [-0.25, -0.2) is 9.67 Å². The summed E-state index contributed by atoms with van der Waals surface area (Å²) < 4.78 is 13.1. The van der Waals surface area contributed by atoms with Crippen molar-refractivity contribution in [3.63, 3.8) is 0 Å². The Bertz CT molecular complexity index is 1260. The standard InChI is InChI=1S/C24H30N8O4/c1-13-19(36-16-6-4-5-15(11-16)22(33)34)10-9-17(26-13)20-18(32(2)31-30-20)12-25-23-27-21(14-7-8-14)28-24(29-23)35-3/h9-10,14-16H,4-8,11-12H2,1-3H3,(H,33,34)(H,25,27,28,29)/t15-,16-/m0/s1. The minimum Gasteiger partial charge on any atom is -0.489 e. The van der Waals surface area contributed by atoms with Crippen molar-refractivity contribution >= 4 is 11.9 Å². The first kappa shape index (κ1) is 23.9. The molecule has 190 valence electrons. The first-order valence-electron chi connectivity index (χ1n) is 12.2. The molecule has 0 amide bonds. The molecule has 3 aromatic rings. The maximum Gasteiger partial charge on any atom is 0.321 e. The highest BCUT2D eigenvalue weighted by Crippen LogP contribution is 2.38. The molecule has 12 heteroatoms. The Labute approximate surface area is 208 Å². The molecule has 2 saturated carbocycles. The first-order valence-corrected chi connectivity index (χ1v) is 12.2. The van der Waals surface area contributed by atoms with E-state index in [1.807, 2.05) is 26.1 Å². The molecule has 2 N–H and O–H groups in total. The zero-order valence-corrected chi connectivity index (χ0v) is 20.6. The predicted molar refractivity (Wildman–Crippen MR) is 129 cm³/mol. The van der Waals surface area contributed by atoms with Crippen LogP contribution in [0.4, 0.5) is 5.95 Å². The lowest BCUT2D eigenvalue weighted by Crippen LogP contribution is -2.29. The lowest BCUT2D eigenvalue weighted by Gasteiger charge is -2.27. The van der Waals surface area contributed by atoms with Gasteiger partial charge in [0, 0.05) is 13.0 Å². The van der Waals surface area contributed by atoms with E-state index in [-0.39, 0.29) is 12.0 Å². The van der Waals surface area contributed by atoms with Gasteiger partial charge in [-0.2, -0.15) is 15.0 Å². The van der Waals surface area contributed by atoms with Crippen LogP contribution in [0.1, 0.15) is 61.7 Å². The molecule has 3 aromatic heterocycles. The molecule has 0 bridgehead atoms. The number of aliphatic carboxylic acids is 1.